The topological polar surface area (TPSA) is 128 Å². The van der Waals surface area contributed by atoms with Crippen LogP contribution in [0.4, 0.5) is 20.2 Å². The first-order valence-electron chi connectivity index (χ1n) is 12.7. The Hall–Kier alpha value is -3.62. The van der Waals surface area contributed by atoms with E-state index in [-0.39, 0.29) is 60.2 Å². The number of nitro groups is 1. The summed E-state index contributed by atoms with van der Waals surface area (Å²) in [5.41, 5.74) is -1.04. The average Bonchev–Trinajstić information content (AvgIpc) is 3.64. The molecule has 0 spiro atoms. The molecule has 2 aromatic carbocycles. The predicted molar refractivity (Wildman–Crippen MR) is 147 cm³/mol. The van der Waals surface area contributed by atoms with Crippen LogP contribution in [0.2, 0.25) is 5.02 Å². The fourth-order valence-electron chi connectivity index (χ4n) is 4.62. The molecule has 0 radical (unpaired) electrons. The van der Waals surface area contributed by atoms with E-state index in [1.54, 1.807) is 4.90 Å². The fraction of sp³-hybridized carbons (Fsp3) is 0.385. The summed E-state index contributed by atoms with van der Waals surface area (Å²) in [6, 6.07) is 6.78. The van der Waals surface area contributed by atoms with Crippen LogP contribution in [0, 0.1) is 27.2 Å². The number of ether oxygens (including phenoxy) is 1. The Bertz CT molecular complexity index is 1650. The van der Waals surface area contributed by atoms with Gasteiger partial charge < -0.3 is 9.64 Å². The van der Waals surface area contributed by atoms with Crippen LogP contribution in [0.1, 0.15) is 25.3 Å². The van der Waals surface area contributed by atoms with Crippen LogP contribution in [0.15, 0.2) is 47.4 Å². The largest absolute Gasteiger partial charge is 0.486 e. The molecule has 0 unspecified atom stereocenters. The van der Waals surface area contributed by atoms with Crippen molar-refractivity contribution in [3.63, 3.8) is 0 Å². The van der Waals surface area contributed by atoms with E-state index in [0.29, 0.717) is 11.8 Å². The van der Waals surface area contributed by atoms with Crippen LogP contribution in [0.25, 0.3) is 5.69 Å². The Morgan fingerprint density at radius 3 is 2.39 bits per heavy atom. The number of halogens is 3. The lowest BCUT2D eigenvalue weighted by molar-refractivity contribution is -0.385. The number of nitro benzene ring substituents is 1. The number of piperazine rings is 1. The molecule has 5 rings (SSSR count). The lowest BCUT2D eigenvalue weighted by atomic mass is 10.2. The van der Waals surface area contributed by atoms with Gasteiger partial charge in [0.2, 0.25) is 15.8 Å². The van der Waals surface area contributed by atoms with Crippen molar-refractivity contribution in [2.24, 2.45) is 5.41 Å². The van der Waals surface area contributed by atoms with Crippen LogP contribution >= 0.6 is 11.6 Å². The number of nitrogens with zero attached hydrogens (tertiary/aromatic N) is 5. The molecule has 1 aliphatic heterocycles. The van der Waals surface area contributed by atoms with Crippen LogP contribution in [-0.2, 0) is 15.8 Å². The molecular weight excluding hydrogens is 584 g/mol. The standard InChI is InChI=1S/C26H26ClF2N5O6S/c1-26(5-6-26)16-40-24-22(14-30-33(25(24)35)20-12-18(28)11-19(29)13-20)31-7-9-32(10-8-31)41(38,39)15-17-3-2-4-21(27)23(17)34(36)37/h2-4,11-14H,5-10,15-16H2,1H3. The lowest BCUT2D eigenvalue weighted by Crippen LogP contribution is -2.49. The highest BCUT2D eigenvalue weighted by Crippen LogP contribution is 2.45. The van der Waals surface area contributed by atoms with E-state index in [1.807, 2.05) is 6.92 Å². The highest BCUT2D eigenvalue weighted by atomic mass is 35.5. The molecule has 1 aliphatic carbocycles. The Morgan fingerprint density at radius 1 is 1.12 bits per heavy atom. The summed E-state index contributed by atoms with van der Waals surface area (Å²) in [6.45, 7) is 2.68. The molecule has 0 bridgehead atoms. The first-order chi connectivity index (χ1) is 19.4. The number of hydrogen-bond acceptors (Lipinski definition) is 8. The summed E-state index contributed by atoms with van der Waals surface area (Å²) in [5.74, 6) is -2.39. The fourth-order valence-corrected chi connectivity index (χ4v) is 6.41. The molecule has 2 aliphatic rings. The number of benzene rings is 2. The number of aromatic nitrogens is 2. The van der Waals surface area contributed by atoms with Gasteiger partial charge in [0.05, 0.1) is 29.2 Å². The van der Waals surface area contributed by atoms with Gasteiger partial charge in [0.25, 0.3) is 5.69 Å². The second-order valence-electron chi connectivity index (χ2n) is 10.4. The molecule has 1 aromatic heterocycles. The Morgan fingerprint density at radius 2 is 1.78 bits per heavy atom. The molecule has 0 amide bonds. The van der Waals surface area contributed by atoms with E-state index in [1.165, 1.54) is 28.7 Å². The van der Waals surface area contributed by atoms with Crippen molar-refractivity contribution in [1.29, 1.82) is 0 Å². The monoisotopic (exact) mass is 609 g/mol. The molecule has 0 N–H and O–H groups in total. The number of para-hydroxylation sites is 1. The van der Waals surface area contributed by atoms with Gasteiger partial charge in [-0.1, -0.05) is 30.7 Å². The Balaban J connectivity index is 1.39. The first-order valence-corrected chi connectivity index (χ1v) is 14.7. The SMILES string of the molecule is CC1(COc2c(N3CCN(S(=O)(=O)Cc4cccc(Cl)c4[N+](=O)[O-])CC3)cnn(-c3cc(F)cc(F)c3)c2=O)CC1. The maximum absolute atomic E-state index is 13.9. The second-order valence-corrected chi connectivity index (χ2v) is 12.8. The third-order valence-corrected chi connectivity index (χ3v) is 9.37. The number of hydrogen-bond donors (Lipinski definition) is 0. The molecule has 3 aromatic rings. The molecular formula is C26H26ClF2N5O6S. The van der Waals surface area contributed by atoms with Gasteiger partial charge in [-0.25, -0.2) is 17.2 Å². The second kappa shape index (κ2) is 11.0. The van der Waals surface area contributed by atoms with Crippen LogP contribution in [0.5, 0.6) is 5.75 Å². The highest BCUT2D eigenvalue weighted by molar-refractivity contribution is 7.88. The number of anilines is 1. The minimum Gasteiger partial charge on any atom is -0.486 e. The summed E-state index contributed by atoms with van der Waals surface area (Å²) in [5, 5.41) is 15.4. The van der Waals surface area contributed by atoms with E-state index in [9.17, 15) is 32.1 Å². The maximum Gasteiger partial charge on any atom is 0.316 e. The average molecular weight is 610 g/mol. The predicted octanol–water partition coefficient (Wildman–Crippen LogP) is 3.90. The molecule has 15 heteroatoms. The van der Waals surface area contributed by atoms with Crippen LogP contribution in [-0.4, -0.2) is 60.2 Å². The van der Waals surface area contributed by atoms with Crippen LogP contribution in [0.3, 0.4) is 0 Å². The zero-order valence-corrected chi connectivity index (χ0v) is 23.5. The van der Waals surface area contributed by atoms with Crippen molar-refractivity contribution in [2.75, 3.05) is 37.7 Å². The van der Waals surface area contributed by atoms with Crippen molar-refractivity contribution in [1.82, 2.24) is 14.1 Å². The number of rotatable bonds is 9. The van der Waals surface area contributed by atoms with Crippen molar-refractivity contribution in [3.05, 3.63) is 85.3 Å². The van der Waals surface area contributed by atoms with Crippen molar-refractivity contribution in [2.45, 2.75) is 25.5 Å². The molecule has 1 saturated carbocycles. The lowest BCUT2D eigenvalue weighted by Gasteiger charge is -2.35. The summed E-state index contributed by atoms with van der Waals surface area (Å²) >= 11 is 5.94. The van der Waals surface area contributed by atoms with E-state index in [0.717, 1.165) is 29.7 Å². The van der Waals surface area contributed by atoms with Crippen molar-refractivity contribution in [3.8, 4) is 11.4 Å². The zero-order chi connectivity index (χ0) is 29.5. The van der Waals surface area contributed by atoms with Gasteiger partial charge in [0, 0.05) is 43.2 Å². The third-order valence-electron chi connectivity index (χ3n) is 7.24. The first kappa shape index (κ1) is 28.9. The summed E-state index contributed by atoms with van der Waals surface area (Å²) in [4.78, 5) is 26.0. The van der Waals surface area contributed by atoms with Gasteiger partial charge in [0.15, 0.2) is 0 Å². The Kier molecular flexibility index (Phi) is 7.74. The van der Waals surface area contributed by atoms with E-state index in [2.05, 4.69) is 5.10 Å². The molecule has 2 fully saturated rings. The maximum atomic E-state index is 13.9. The van der Waals surface area contributed by atoms with Crippen molar-refractivity contribution >= 4 is 33.0 Å². The minimum absolute atomic E-state index is 0.0178. The molecule has 2 heterocycles. The molecule has 11 nitrogen and oxygen atoms in total. The molecule has 41 heavy (non-hydrogen) atoms. The number of sulfonamides is 1. The molecule has 218 valence electrons. The normalized spacial score (nSPS) is 16.9. The van der Waals surface area contributed by atoms with Gasteiger partial charge >= 0.3 is 5.56 Å². The minimum atomic E-state index is -3.95. The van der Waals surface area contributed by atoms with Gasteiger partial charge in [-0.15, -0.1) is 0 Å². The van der Waals surface area contributed by atoms with Crippen molar-refractivity contribution < 1.29 is 26.9 Å². The quantitative estimate of drug-likeness (QED) is 0.264. The van der Waals surface area contributed by atoms with Gasteiger partial charge in [-0.05, 0) is 31.0 Å². The molecule has 1 saturated heterocycles. The highest BCUT2D eigenvalue weighted by Gasteiger charge is 2.39. The summed E-state index contributed by atoms with van der Waals surface area (Å²) < 4.78 is 62.1. The third kappa shape index (κ3) is 6.19. The van der Waals surface area contributed by atoms with Gasteiger partial charge in [-0.3, -0.25) is 14.9 Å². The summed E-state index contributed by atoms with van der Waals surface area (Å²) in [7, 11) is -3.95. The van der Waals surface area contributed by atoms with E-state index < -0.39 is 43.6 Å². The van der Waals surface area contributed by atoms with Gasteiger partial charge in [-0.2, -0.15) is 14.1 Å². The van der Waals surface area contributed by atoms with E-state index >= 15 is 0 Å². The van der Waals surface area contributed by atoms with E-state index in [4.69, 9.17) is 16.3 Å². The Labute approximate surface area is 239 Å². The van der Waals surface area contributed by atoms with Crippen LogP contribution < -0.4 is 15.2 Å². The molecule has 0 atom stereocenters. The zero-order valence-electron chi connectivity index (χ0n) is 21.9. The summed E-state index contributed by atoms with van der Waals surface area (Å²) in [6.07, 6.45) is 3.21. The van der Waals surface area contributed by atoms with Gasteiger partial charge in [0.1, 0.15) is 22.3 Å². The smallest absolute Gasteiger partial charge is 0.316 e.